The number of rotatable bonds is 7. The molecular weight excluding hydrogens is 192 g/mol. The van der Waals surface area contributed by atoms with E-state index in [1.165, 1.54) is 0 Å². The van der Waals surface area contributed by atoms with E-state index in [4.69, 9.17) is 9.47 Å². The molecule has 3 heteroatoms. The van der Waals surface area contributed by atoms with Crippen LogP contribution < -0.4 is 0 Å². The molecule has 3 nitrogen and oxygen atoms in total. The highest BCUT2D eigenvalue weighted by Gasteiger charge is 2.11. The monoisotopic (exact) mass is 214 g/mol. The molecule has 0 aromatic carbocycles. The summed E-state index contributed by atoms with van der Waals surface area (Å²) >= 11 is 0. The highest BCUT2D eigenvalue weighted by atomic mass is 16.5. The summed E-state index contributed by atoms with van der Waals surface area (Å²) in [5.41, 5.74) is 0.625. The van der Waals surface area contributed by atoms with Crippen molar-refractivity contribution < 1.29 is 14.3 Å². The van der Waals surface area contributed by atoms with E-state index < -0.39 is 0 Å². The number of methoxy groups -OCH3 is 1. The smallest absolute Gasteiger partial charge is 0.336 e. The quantitative estimate of drug-likeness (QED) is 0.371. The van der Waals surface area contributed by atoms with Crippen molar-refractivity contribution in [3.63, 3.8) is 0 Å². The Balaban J connectivity index is 4.23. The third kappa shape index (κ3) is 7.14. The van der Waals surface area contributed by atoms with Crippen LogP contribution in [0.15, 0.2) is 11.6 Å². The summed E-state index contributed by atoms with van der Waals surface area (Å²) in [5, 5.41) is 0. The number of ether oxygens (including phenoxy) is 2. The lowest BCUT2D eigenvalue weighted by Gasteiger charge is -2.10. The van der Waals surface area contributed by atoms with Crippen molar-refractivity contribution in [2.75, 3.05) is 13.7 Å². The second kappa shape index (κ2) is 8.48. The minimum Gasteiger partial charge on any atom is -0.460 e. The van der Waals surface area contributed by atoms with E-state index in [1.807, 2.05) is 19.9 Å². The Kier molecular flexibility index (Phi) is 8.01. The molecular formula is C12H22O3. The summed E-state index contributed by atoms with van der Waals surface area (Å²) in [6.07, 6.45) is 4.95. The van der Waals surface area contributed by atoms with E-state index in [0.717, 1.165) is 19.3 Å². The first-order valence-electron chi connectivity index (χ1n) is 5.50. The molecule has 0 fully saturated rings. The van der Waals surface area contributed by atoms with Crippen molar-refractivity contribution >= 4 is 5.97 Å². The molecule has 0 amide bonds. The Morgan fingerprint density at radius 2 is 2.07 bits per heavy atom. The summed E-state index contributed by atoms with van der Waals surface area (Å²) in [5.74, 6) is -0.261. The zero-order valence-electron chi connectivity index (χ0n) is 10.2. The summed E-state index contributed by atoms with van der Waals surface area (Å²) in [7, 11) is 1.58. The standard InChI is InChI=1S/C12H22O3/c1-5-6-7-8-11(9-14-4)12(13)15-10(2)3/h8,10H,5-7,9H2,1-4H3. The van der Waals surface area contributed by atoms with Gasteiger partial charge in [0.25, 0.3) is 0 Å². The molecule has 0 N–H and O–H groups in total. The van der Waals surface area contributed by atoms with Gasteiger partial charge in [0.05, 0.1) is 18.3 Å². The molecule has 0 aliphatic heterocycles. The first-order chi connectivity index (χ1) is 7.11. The van der Waals surface area contributed by atoms with Gasteiger partial charge < -0.3 is 9.47 Å². The Bertz CT molecular complexity index is 207. The fourth-order valence-corrected chi connectivity index (χ4v) is 1.13. The Morgan fingerprint density at radius 1 is 1.40 bits per heavy atom. The van der Waals surface area contributed by atoms with E-state index in [-0.39, 0.29) is 12.1 Å². The third-order valence-corrected chi connectivity index (χ3v) is 1.85. The minimum absolute atomic E-state index is 0.0797. The van der Waals surface area contributed by atoms with Gasteiger partial charge in [0.2, 0.25) is 0 Å². The highest BCUT2D eigenvalue weighted by molar-refractivity contribution is 5.88. The fourth-order valence-electron chi connectivity index (χ4n) is 1.13. The molecule has 0 radical (unpaired) electrons. The maximum atomic E-state index is 11.6. The molecule has 0 rings (SSSR count). The fraction of sp³-hybridized carbons (Fsp3) is 0.750. The Labute approximate surface area is 92.5 Å². The van der Waals surface area contributed by atoms with Gasteiger partial charge in [-0.05, 0) is 20.3 Å². The number of carbonyl (C=O) groups is 1. The number of allylic oxidation sites excluding steroid dienone is 1. The minimum atomic E-state index is -0.261. The van der Waals surface area contributed by atoms with Gasteiger partial charge in [0.1, 0.15) is 0 Å². The Morgan fingerprint density at radius 3 is 2.53 bits per heavy atom. The first kappa shape index (κ1) is 14.2. The number of unbranched alkanes of at least 4 members (excludes halogenated alkanes) is 2. The van der Waals surface area contributed by atoms with Crippen molar-refractivity contribution in [2.24, 2.45) is 0 Å². The lowest BCUT2D eigenvalue weighted by Crippen LogP contribution is -2.16. The zero-order valence-corrected chi connectivity index (χ0v) is 10.2. The number of carbonyl (C=O) groups excluding carboxylic acids is 1. The molecule has 0 aromatic heterocycles. The average molecular weight is 214 g/mol. The van der Waals surface area contributed by atoms with E-state index in [1.54, 1.807) is 7.11 Å². The van der Waals surface area contributed by atoms with Crippen LogP contribution in [0.1, 0.15) is 40.0 Å². The van der Waals surface area contributed by atoms with Crippen molar-refractivity contribution in [3.8, 4) is 0 Å². The van der Waals surface area contributed by atoms with Gasteiger partial charge in [0, 0.05) is 7.11 Å². The lowest BCUT2D eigenvalue weighted by atomic mass is 10.2. The van der Waals surface area contributed by atoms with Gasteiger partial charge in [-0.15, -0.1) is 0 Å². The predicted octanol–water partition coefficient (Wildman–Crippen LogP) is 2.70. The predicted molar refractivity (Wildman–Crippen MR) is 60.7 cm³/mol. The van der Waals surface area contributed by atoms with Gasteiger partial charge in [-0.3, -0.25) is 0 Å². The molecule has 0 spiro atoms. The third-order valence-electron chi connectivity index (χ3n) is 1.85. The largest absolute Gasteiger partial charge is 0.460 e. The van der Waals surface area contributed by atoms with Crippen molar-refractivity contribution in [1.29, 1.82) is 0 Å². The zero-order chi connectivity index (χ0) is 11.7. The summed E-state index contributed by atoms with van der Waals surface area (Å²) in [6.45, 7) is 6.13. The molecule has 0 saturated heterocycles. The topological polar surface area (TPSA) is 35.5 Å². The van der Waals surface area contributed by atoms with Crippen LogP contribution in [0.3, 0.4) is 0 Å². The van der Waals surface area contributed by atoms with Crippen LogP contribution >= 0.6 is 0 Å². The SMILES string of the molecule is CCCCC=C(COC)C(=O)OC(C)C. The van der Waals surface area contributed by atoms with Crippen LogP contribution in [0.5, 0.6) is 0 Å². The molecule has 0 aliphatic rings. The Hall–Kier alpha value is -0.830. The second-order valence-corrected chi connectivity index (χ2v) is 3.76. The average Bonchev–Trinajstić information content (AvgIpc) is 2.15. The van der Waals surface area contributed by atoms with E-state index in [0.29, 0.717) is 12.2 Å². The number of hydrogen-bond acceptors (Lipinski definition) is 3. The molecule has 0 bridgehead atoms. The number of esters is 1. The maximum Gasteiger partial charge on any atom is 0.336 e. The van der Waals surface area contributed by atoms with Crippen LogP contribution in [0.25, 0.3) is 0 Å². The van der Waals surface area contributed by atoms with Crippen molar-refractivity contribution in [3.05, 3.63) is 11.6 Å². The molecule has 0 heterocycles. The van der Waals surface area contributed by atoms with Gasteiger partial charge in [-0.1, -0.05) is 25.8 Å². The van der Waals surface area contributed by atoms with Crippen molar-refractivity contribution in [1.82, 2.24) is 0 Å². The van der Waals surface area contributed by atoms with Crippen LogP contribution in [-0.2, 0) is 14.3 Å². The van der Waals surface area contributed by atoms with E-state index in [9.17, 15) is 4.79 Å². The van der Waals surface area contributed by atoms with Gasteiger partial charge in [-0.2, -0.15) is 0 Å². The summed E-state index contributed by atoms with van der Waals surface area (Å²) < 4.78 is 10.1. The van der Waals surface area contributed by atoms with Crippen LogP contribution in [0, 0.1) is 0 Å². The van der Waals surface area contributed by atoms with Crippen LogP contribution in [0.4, 0.5) is 0 Å². The lowest BCUT2D eigenvalue weighted by molar-refractivity contribution is -0.143. The van der Waals surface area contributed by atoms with Crippen LogP contribution in [-0.4, -0.2) is 25.8 Å². The molecule has 0 atom stereocenters. The van der Waals surface area contributed by atoms with Gasteiger partial charge >= 0.3 is 5.97 Å². The molecule has 88 valence electrons. The van der Waals surface area contributed by atoms with Gasteiger partial charge in [-0.25, -0.2) is 4.79 Å². The molecule has 0 aromatic rings. The van der Waals surface area contributed by atoms with Crippen molar-refractivity contribution in [2.45, 2.75) is 46.1 Å². The molecule has 0 aliphatic carbocycles. The molecule has 15 heavy (non-hydrogen) atoms. The first-order valence-corrected chi connectivity index (χ1v) is 5.50. The normalized spacial score (nSPS) is 11.9. The van der Waals surface area contributed by atoms with Crippen LogP contribution in [0.2, 0.25) is 0 Å². The highest BCUT2D eigenvalue weighted by Crippen LogP contribution is 2.06. The summed E-state index contributed by atoms with van der Waals surface area (Å²) in [6, 6.07) is 0. The second-order valence-electron chi connectivity index (χ2n) is 3.76. The summed E-state index contributed by atoms with van der Waals surface area (Å²) in [4.78, 5) is 11.6. The number of hydrogen-bond donors (Lipinski definition) is 0. The van der Waals surface area contributed by atoms with Gasteiger partial charge in [0.15, 0.2) is 0 Å². The maximum absolute atomic E-state index is 11.6. The van der Waals surface area contributed by atoms with E-state index >= 15 is 0 Å². The molecule has 0 unspecified atom stereocenters. The van der Waals surface area contributed by atoms with E-state index in [2.05, 4.69) is 6.92 Å². The molecule has 0 saturated carbocycles.